The normalized spacial score (nSPS) is 10.6. The Hall–Kier alpha value is -1.16. The summed E-state index contributed by atoms with van der Waals surface area (Å²) in [6.07, 6.45) is 4.31. The molecular weight excluding hydrogens is 266 g/mol. The molecule has 0 atom stereocenters. The predicted octanol–water partition coefficient (Wildman–Crippen LogP) is 3.51. The van der Waals surface area contributed by atoms with E-state index in [1.54, 1.807) is 0 Å². The van der Waals surface area contributed by atoms with Crippen LogP contribution in [0.5, 0.6) is 0 Å². The van der Waals surface area contributed by atoms with E-state index in [1.807, 2.05) is 35.1 Å². The van der Waals surface area contributed by atoms with E-state index >= 15 is 0 Å². The van der Waals surface area contributed by atoms with Crippen molar-refractivity contribution in [3.8, 4) is 11.3 Å². The summed E-state index contributed by atoms with van der Waals surface area (Å²) in [7, 11) is 0. The highest BCUT2D eigenvalue weighted by Crippen LogP contribution is 2.19. The third kappa shape index (κ3) is 2.70. The summed E-state index contributed by atoms with van der Waals surface area (Å²) in [6, 6.07) is 8.11. The molecule has 4 heteroatoms. The number of nitrogens with zero attached hydrogens (tertiary/aromatic N) is 3. The van der Waals surface area contributed by atoms with E-state index in [2.05, 4.69) is 33.2 Å². The van der Waals surface area contributed by atoms with Crippen molar-refractivity contribution in [2.24, 2.45) is 0 Å². The summed E-state index contributed by atoms with van der Waals surface area (Å²) in [6.45, 7) is 3.12. The zero-order valence-corrected chi connectivity index (χ0v) is 10.8. The smallest absolute Gasteiger partial charge is 0.113 e. The minimum atomic E-state index is 0.934. The first-order valence-electron chi connectivity index (χ1n) is 5.45. The van der Waals surface area contributed by atoms with Crippen molar-refractivity contribution in [2.45, 2.75) is 26.3 Å². The molecule has 0 unspecified atom stereocenters. The molecule has 0 N–H and O–H groups in total. The summed E-state index contributed by atoms with van der Waals surface area (Å²) >= 11 is 3.42. The molecule has 84 valence electrons. The maximum atomic E-state index is 4.17. The zero-order valence-electron chi connectivity index (χ0n) is 9.23. The van der Waals surface area contributed by atoms with Crippen LogP contribution in [0, 0.1) is 0 Å². The number of aromatic nitrogens is 3. The third-order valence-corrected chi connectivity index (χ3v) is 2.95. The molecule has 0 saturated heterocycles. The van der Waals surface area contributed by atoms with E-state index in [0.29, 0.717) is 0 Å². The number of unbranched alkanes of at least 4 members (excludes halogenated alkanes) is 1. The zero-order chi connectivity index (χ0) is 11.4. The molecule has 16 heavy (non-hydrogen) atoms. The predicted molar refractivity (Wildman–Crippen MR) is 68.1 cm³/mol. The standard InChI is InChI=1S/C12H14BrN3/c1-2-3-8-16-9-12(14-15-16)10-4-6-11(13)7-5-10/h4-7,9H,2-3,8H2,1H3. The van der Waals surface area contributed by atoms with Gasteiger partial charge in [-0.25, -0.2) is 0 Å². The monoisotopic (exact) mass is 279 g/mol. The minimum absolute atomic E-state index is 0.934. The van der Waals surface area contributed by atoms with Crippen molar-refractivity contribution in [3.63, 3.8) is 0 Å². The number of benzene rings is 1. The Morgan fingerprint density at radius 2 is 2.00 bits per heavy atom. The van der Waals surface area contributed by atoms with Crippen molar-refractivity contribution in [1.29, 1.82) is 0 Å². The molecule has 0 saturated carbocycles. The number of aryl methyl sites for hydroxylation is 1. The Morgan fingerprint density at radius 1 is 1.25 bits per heavy atom. The lowest BCUT2D eigenvalue weighted by atomic mass is 10.2. The van der Waals surface area contributed by atoms with Gasteiger partial charge in [0, 0.05) is 16.6 Å². The third-order valence-electron chi connectivity index (χ3n) is 2.42. The lowest BCUT2D eigenvalue weighted by Gasteiger charge is -1.96. The number of halogens is 1. The molecule has 3 nitrogen and oxygen atoms in total. The van der Waals surface area contributed by atoms with E-state index < -0.39 is 0 Å². The van der Waals surface area contributed by atoms with Crippen LogP contribution in [0.15, 0.2) is 34.9 Å². The first-order chi connectivity index (χ1) is 7.79. The second-order valence-corrected chi connectivity index (χ2v) is 4.64. The van der Waals surface area contributed by atoms with E-state index in [9.17, 15) is 0 Å². The van der Waals surface area contributed by atoms with Crippen molar-refractivity contribution in [2.75, 3.05) is 0 Å². The molecule has 2 rings (SSSR count). The molecule has 0 spiro atoms. The van der Waals surface area contributed by atoms with Crippen molar-refractivity contribution >= 4 is 15.9 Å². The molecule has 0 aliphatic heterocycles. The van der Waals surface area contributed by atoms with Crippen LogP contribution >= 0.6 is 15.9 Å². The fourth-order valence-electron chi connectivity index (χ4n) is 1.48. The number of rotatable bonds is 4. The Kier molecular flexibility index (Phi) is 3.72. The highest BCUT2D eigenvalue weighted by molar-refractivity contribution is 9.10. The van der Waals surface area contributed by atoms with Gasteiger partial charge in [0.1, 0.15) is 5.69 Å². The van der Waals surface area contributed by atoms with Gasteiger partial charge in [-0.1, -0.05) is 46.6 Å². The molecule has 0 aliphatic carbocycles. The second-order valence-electron chi connectivity index (χ2n) is 3.73. The Balaban J connectivity index is 2.15. The average molecular weight is 280 g/mol. The van der Waals surface area contributed by atoms with Gasteiger partial charge in [-0.2, -0.15) is 0 Å². The fourth-order valence-corrected chi connectivity index (χ4v) is 1.75. The van der Waals surface area contributed by atoms with Crippen LogP contribution in [0.3, 0.4) is 0 Å². The lowest BCUT2D eigenvalue weighted by molar-refractivity contribution is 0.553. The summed E-state index contributed by atoms with van der Waals surface area (Å²) in [5.74, 6) is 0. The van der Waals surface area contributed by atoms with Gasteiger partial charge in [0.2, 0.25) is 0 Å². The largest absolute Gasteiger partial charge is 0.252 e. The maximum absolute atomic E-state index is 4.17. The average Bonchev–Trinajstić information content (AvgIpc) is 2.76. The molecule has 0 aliphatic rings. The summed E-state index contributed by atoms with van der Waals surface area (Å²) in [4.78, 5) is 0. The van der Waals surface area contributed by atoms with Crippen molar-refractivity contribution < 1.29 is 0 Å². The number of hydrogen-bond donors (Lipinski definition) is 0. The Labute approximate surface area is 104 Å². The summed E-state index contributed by atoms with van der Waals surface area (Å²) in [5.41, 5.74) is 2.04. The molecule has 0 radical (unpaired) electrons. The summed E-state index contributed by atoms with van der Waals surface area (Å²) < 4.78 is 2.98. The molecular formula is C12H14BrN3. The van der Waals surface area contributed by atoms with Gasteiger partial charge in [0.25, 0.3) is 0 Å². The van der Waals surface area contributed by atoms with Gasteiger partial charge in [0.05, 0.1) is 6.20 Å². The molecule has 1 heterocycles. The SMILES string of the molecule is CCCCn1cc(-c2ccc(Br)cc2)nn1. The van der Waals surface area contributed by atoms with Gasteiger partial charge in [-0.3, -0.25) is 4.68 Å². The van der Waals surface area contributed by atoms with Crippen LogP contribution in [0.25, 0.3) is 11.3 Å². The van der Waals surface area contributed by atoms with E-state index in [1.165, 1.54) is 6.42 Å². The van der Waals surface area contributed by atoms with Gasteiger partial charge < -0.3 is 0 Å². The van der Waals surface area contributed by atoms with Gasteiger partial charge in [-0.15, -0.1) is 5.10 Å². The van der Waals surface area contributed by atoms with Crippen molar-refractivity contribution in [1.82, 2.24) is 15.0 Å². The van der Waals surface area contributed by atoms with Crippen LogP contribution in [-0.2, 0) is 6.54 Å². The van der Waals surface area contributed by atoms with Gasteiger partial charge in [-0.05, 0) is 18.6 Å². The molecule has 1 aromatic heterocycles. The second kappa shape index (κ2) is 5.25. The van der Waals surface area contributed by atoms with Crippen LogP contribution < -0.4 is 0 Å². The van der Waals surface area contributed by atoms with Gasteiger partial charge >= 0.3 is 0 Å². The molecule has 2 aromatic rings. The van der Waals surface area contributed by atoms with Crippen LogP contribution in [-0.4, -0.2) is 15.0 Å². The maximum Gasteiger partial charge on any atom is 0.113 e. The molecule has 1 aromatic carbocycles. The minimum Gasteiger partial charge on any atom is -0.252 e. The van der Waals surface area contributed by atoms with Crippen LogP contribution in [0.4, 0.5) is 0 Å². The molecule has 0 fully saturated rings. The highest BCUT2D eigenvalue weighted by Gasteiger charge is 2.02. The first-order valence-corrected chi connectivity index (χ1v) is 6.25. The van der Waals surface area contributed by atoms with Crippen LogP contribution in [0.2, 0.25) is 0 Å². The quantitative estimate of drug-likeness (QED) is 0.858. The first kappa shape index (κ1) is 11.3. The van der Waals surface area contributed by atoms with Gasteiger partial charge in [0.15, 0.2) is 0 Å². The molecule has 0 amide bonds. The highest BCUT2D eigenvalue weighted by atomic mass is 79.9. The van der Waals surface area contributed by atoms with E-state index in [4.69, 9.17) is 0 Å². The van der Waals surface area contributed by atoms with E-state index in [0.717, 1.165) is 28.7 Å². The van der Waals surface area contributed by atoms with Crippen LogP contribution in [0.1, 0.15) is 19.8 Å². The number of hydrogen-bond acceptors (Lipinski definition) is 2. The summed E-state index contributed by atoms with van der Waals surface area (Å²) in [5, 5.41) is 8.27. The molecule has 0 bridgehead atoms. The Bertz CT molecular complexity index is 448. The Morgan fingerprint density at radius 3 is 2.69 bits per heavy atom. The van der Waals surface area contributed by atoms with Crippen molar-refractivity contribution in [3.05, 3.63) is 34.9 Å². The lowest BCUT2D eigenvalue weighted by Crippen LogP contribution is -1.97. The fraction of sp³-hybridized carbons (Fsp3) is 0.333. The van der Waals surface area contributed by atoms with E-state index in [-0.39, 0.29) is 0 Å². The topological polar surface area (TPSA) is 30.7 Å².